The molecule has 1 N–H and O–H groups in total. The quantitative estimate of drug-likeness (QED) is 0.880. The van der Waals surface area contributed by atoms with Crippen molar-refractivity contribution in [1.82, 2.24) is 19.0 Å². The number of pyridine rings is 1. The number of aliphatic hydroxyl groups excluding tert-OH is 1. The minimum Gasteiger partial charge on any atom is -0.391 e. The number of hydrogen-bond acceptors (Lipinski definition) is 4. The Bertz CT molecular complexity index is 854. The molecule has 2 aromatic rings. The van der Waals surface area contributed by atoms with Crippen LogP contribution in [-0.4, -0.2) is 48.7 Å². The van der Waals surface area contributed by atoms with E-state index in [2.05, 4.69) is 4.98 Å². The molecule has 24 heavy (non-hydrogen) atoms. The molecule has 1 aliphatic heterocycles. The third-order valence-electron chi connectivity index (χ3n) is 5.03. The van der Waals surface area contributed by atoms with Crippen molar-refractivity contribution in [2.24, 2.45) is 0 Å². The van der Waals surface area contributed by atoms with Crippen LogP contribution >= 0.6 is 0 Å². The van der Waals surface area contributed by atoms with Crippen molar-refractivity contribution in [3.63, 3.8) is 0 Å². The van der Waals surface area contributed by atoms with Crippen LogP contribution in [0.2, 0.25) is 0 Å². The molecule has 7 nitrogen and oxygen atoms in total. The fraction of sp³-hybridized carbons (Fsp3) is 0.471. The summed E-state index contributed by atoms with van der Waals surface area (Å²) in [6.45, 7) is 2.77. The van der Waals surface area contributed by atoms with Crippen molar-refractivity contribution in [3.05, 3.63) is 46.4 Å². The van der Waals surface area contributed by atoms with Crippen molar-refractivity contribution in [3.8, 4) is 5.69 Å². The minimum atomic E-state index is -0.458. The maximum Gasteiger partial charge on any atom is 0.275 e. The lowest BCUT2D eigenvalue weighted by atomic mass is 10.1. The summed E-state index contributed by atoms with van der Waals surface area (Å²) in [5, 5.41) is 10.1. The number of aryl methyl sites for hydroxylation is 1. The van der Waals surface area contributed by atoms with E-state index in [1.165, 1.54) is 4.57 Å². The standard InChI is InChI=1S/C17H20N4O3/c1-11-9-19(10-18-11)13-5-6-14-17(24)20(7-8-21(14)16(13)23)12-3-2-4-15(12)22/h5-6,9-10,12,15,22H,2-4,7-8H2,1H3/t12-,15-/m1/s1. The van der Waals surface area contributed by atoms with Gasteiger partial charge in [0.2, 0.25) is 0 Å². The van der Waals surface area contributed by atoms with E-state index >= 15 is 0 Å². The van der Waals surface area contributed by atoms with Crippen LogP contribution in [0.1, 0.15) is 35.4 Å². The van der Waals surface area contributed by atoms with E-state index in [0.29, 0.717) is 24.5 Å². The first-order chi connectivity index (χ1) is 11.6. The van der Waals surface area contributed by atoms with Gasteiger partial charge < -0.3 is 19.1 Å². The molecule has 0 bridgehead atoms. The average molecular weight is 328 g/mol. The van der Waals surface area contributed by atoms with E-state index < -0.39 is 6.10 Å². The Balaban J connectivity index is 1.71. The number of aliphatic hydroxyl groups is 1. The molecular formula is C17H20N4O3. The highest BCUT2D eigenvalue weighted by Gasteiger charge is 2.37. The zero-order valence-electron chi connectivity index (χ0n) is 13.6. The highest BCUT2D eigenvalue weighted by molar-refractivity contribution is 5.93. The van der Waals surface area contributed by atoms with Crippen molar-refractivity contribution in [1.29, 1.82) is 0 Å². The van der Waals surface area contributed by atoms with Gasteiger partial charge in [-0.15, -0.1) is 0 Å². The number of nitrogens with zero attached hydrogens (tertiary/aromatic N) is 4. The van der Waals surface area contributed by atoms with Gasteiger partial charge in [0.25, 0.3) is 11.5 Å². The monoisotopic (exact) mass is 328 g/mol. The summed E-state index contributed by atoms with van der Waals surface area (Å²) in [6.07, 6.45) is 5.42. The van der Waals surface area contributed by atoms with Crippen LogP contribution < -0.4 is 5.56 Å². The normalized spacial score (nSPS) is 23.6. The summed E-state index contributed by atoms with van der Waals surface area (Å²) in [4.78, 5) is 31.4. The van der Waals surface area contributed by atoms with Crippen LogP contribution in [0.4, 0.5) is 0 Å². The van der Waals surface area contributed by atoms with Crippen molar-refractivity contribution in [2.45, 2.75) is 44.9 Å². The highest BCUT2D eigenvalue weighted by Crippen LogP contribution is 2.27. The second kappa shape index (κ2) is 5.59. The van der Waals surface area contributed by atoms with E-state index in [4.69, 9.17) is 0 Å². The first-order valence-corrected chi connectivity index (χ1v) is 8.30. The molecular weight excluding hydrogens is 308 g/mol. The third-order valence-corrected chi connectivity index (χ3v) is 5.03. The molecule has 126 valence electrons. The number of hydrogen-bond donors (Lipinski definition) is 1. The summed E-state index contributed by atoms with van der Waals surface area (Å²) >= 11 is 0. The number of rotatable bonds is 2. The van der Waals surface area contributed by atoms with E-state index in [1.807, 2.05) is 6.92 Å². The zero-order chi connectivity index (χ0) is 16.8. The number of amides is 1. The lowest BCUT2D eigenvalue weighted by Gasteiger charge is -2.35. The van der Waals surface area contributed by atoms with Gasteiger partial charge in [-0.25, -0.2) is 4.98 Å². The van der Waals surface area contributed by atoms with Crippen molar-refractivity contribution < 1.29 is 9.90 Å². The van der Waals surface area contributed by atoms with Gasteiger partial charge in [0.05, 0.1) is 24.2 Å². The first kappa shape index (κ1) is 15.1. The number of carbonyl (C=O) groups is 1. The molecule has 3 heterocycles. The molecule has 1 aliphatic carbocycles. The van der Waals surface area contributed by atoms with Gasteiger partial charge >= 0.3 is 0 Å². The van der Waals surface area contributed by atoms with Crippen LogP contribution in [0.3, 0.4) is 0 Å². The summed E-state index contributed by atoms with van der Waals surface area (Å²) in [7, 11) is 0. The largest absolute Gasteiger partial charge is 0.391 e. The molecule has 0 radical (unpaired) electrons. The van der Waals surface area contributed by atoms with E-state index in [-0.39, 0.29) is 17.5 Å². The maximum atomic E-state index is 12.8. The van der Waals surface area contributed by atoms with Gasteiger partial charge in [0.1, 0.15) is 11.4 Å². The fourth-order valence-electron chi connectivity index (χ4n) is 3.78. The van der Waals surface area contributed by atoms with Gasteiger partial charge in [0.15, 0.2) is 0 Å². The molecule has 2 atom stereocenters. The minimum absolute atomic E-state index is 0.127. The van der Waals surface area contributed by atoms with Crippen molar-refractivity contribution in [2.75, 3.05) is 6.54 Å². The molecule has 0 unspecified atom stereocenters. The van der Waals surface area contributed by atoms with Crippen LogP contribution in [-0.2, 0) is 6.54 Å². The molecule has 0 saturated heterocycles. The predicted octanol–water partition coefficient (Wildman–Crippen LogP) is 0.712. The Labute approximate surface area is 139 Å². The van der Waals surface area contributed by atoms with Gasteiger partial charge in [-0.2, -0.15) is 0 Å². The Morgan fingerprint density at radius 3 is 2.71 bits per heavy atom. The predicted molar refractivity (Wildman–Crippen MR) is 87.2 cm³/mol. The Hall–Kier alpha value is -2.41. The Morgan fingerprint density at radius 2 is 2.04 bits per heavy atom. The van der Waals surface area contributed by atoms with Gasteiger partial charge in [-0.1, -0.05) is 0 Å². The number of fused-ring (bicyclic) bond motifs is 1. The number of imidazole rings is 1. The molecule has 1 amide bonds. The average Bonchev–Trinajstić information content (AvgIpc) is 3.17. The van der Waals surface area contributed by atoms with Crippen LogP contribution in [0, 0.1) is 6.92 Å². The van der Waals surface area contributed by atoms with Crippen LogP contribution in [0.15, 0.2) is 29.5 Å². The zero-order valence-corrected chi connectivity index (χ0v) is 13.6. The summed E-state index contributed by atoms with van der Waals surface area (Å²) < 4.78 is 3.22. The van der Waals surface area contributed by atoms with Crippen molar-refractivity contribution >= 4 is 5.91 Å². The van der Waals surface area contributed by atoms with E-state index in [0.717, 1.165) is 25.0 Å². The number of aromatic nitrogens is 3. The first-order valence-electron chi connectivity index (χ1n) is 8.30. The lowest BCUT2D eigenvalue weighted by molar-refractivity contribution is 0.0390. The smallest absolute Gasteiger partial charge is 0.275 e. The summed E-state index contributed by atoms with van der Waals surface area (Å²) in [5.41, 5.74) is 1.52. The Morgan fingerprint density at radius 1 is 1.21 bits per heavy atom. The molecule has 4 rings (SSSR count). The molecule has 1 saturated carbocycles. The molecule has 0 spiro atoms. The summed E-state index contributed by atoms with van der Waals surface area (Å²) in [6, 6.07) is 3.24. The Kier molecular flexibility index (Phi) is 3.53. The second-order valence-electron chi connectivity index (χ2n) is 6.55. The van der Waals surface area contributed by atoms with Gasteiger partial charge in [-0.05, 0) is 38.3 Å². The molecule has 7 heteroatoms. The fourth-order valence-corrected chi connectivity index (χ4v) is 3.78. The summed E-state index contributed by atoms with van der Waals surface area (Å²) in [5.74, 6) is -0.169. The molecule has 2 aromatic heterocycles. The van der Waals surface area contributed by atoms with Gasteiger partial charge in [-0.3, -0.25) is 9.59 Å². The second-order valence-corrected chi connectivity index (χ2v) is 6.55. The number of carbonyl (C=O) groups excluding carboxylic acids is 1. The molecule has 1 fully saturated rings. The van der Waals surface area contributed by atoms with E-state index in [9.17, 15) is 14.7 Å². The maximum absolute atomic E-state index is 12.8. The van der Waals surface area contributed by atoms with E-state index in [1.54, 1.807) is 34.1 Å². The molecule has 2 aliphatic rings. The highest BCUT2D eigenvalue weighted by atomic mass is 16.3. The lowest BCUT2D eigenvalue weighted by Crippen LogP contribution is -2.51. The molecule has 0 aromatic carbocycles. The third kappa shape index (κ3) is 2.27. The van der Waals surface area contributed by atoms with Gasteiger partial charge in [0, 0.05) is 19.3 Å². The topological polar surface area (TPSA) is 80.4 Å². The SMILES string of the molecule is Cc1cn(-c2ccc3n(c2=O)CCN([C@@H]2CCC[C@H]2O)C3=O)cn1. The van der Waals surface area contributed by atoms with Crippen LogP contribution in [0.25, 0.3) is 5.69 Å². The van der Waals surface area contributed by atoms with Crippen LogP contribution in [0.5, 0.6) is 0 Å².